The smallest absolute Gasteiger partial charge is 0.271 e. The summed E-state index contributed by atoms with van der Waals surface area (Å²) < 4.78 is 1.97. The molecule has 1 atom stereocenters. The van der Waals surface area contributed by atoms with E-state index < -0.39 is 5.54 Å². The van der Waals surface area contributed by atoms with Crippen LogP contribution in [0.5, 0.6) is 0 Å². The predicted molar refractivity (Wildman–Crippen MR) is 130 cm³/mol. The average molecular weight is 458 g/mol. The van der Waals surface area contributed by atoms with Crippen molar-refractivity contribution in [3.63, 3.8) is 0 Å². The highest BCUT2D eigenvalue weighted by Gasteiger charge is 2.47. The fourth-order valence-corrected chi connectivity index (χ4v) is 4.75. The van der Waals surface area contributed by atoms with Gasteiger partial charge >= 0.3 is 0 Å². The topological polar surface area (TPSA) is 54.3 Å². The van der Waals surface area contributed by atoms with Crippen molar-refractivity contribution < 1.29 is 9.59 Å². The number of aromatic nitrogens is 1. The summed E-state index contributed by atoms with van der Waals surface area (Å²) in [5.74, 6) is -0.361. The first-order chi connectivity index (χ1) is 16.0. The summed E-state index contributed by atoms with van der Waals surface area (Å²) in [4.78, 5) is 29.1. The molecule has 0 saturated heterocycles. The van der Waals surface area contributed by atoms with Gasteiger partial charge in [0.25, 0.3) is 5.91 Å². The van der Waals surface area contributed by atoms with Crippen LogP contribution in [0, 0.1) is 0 Å². The van der Waals surface area contributed by atoms with Crippen molar-refractivity contribution in [1.29, 1.82) is 0 Å². The van der Waals surface area contributed by atoms with E-state index in [1.165, 1.54) is 0 Å². The van der Waals surface area contributed by atoms with Crippen LogP contribution in [0.2, 0.25) is 5.02 Å². The molecule has 0 bridgehead atoms. The molecule has 0 aliphatic carbocycles. The van der Waals surface area contributed by atoms with Crippen molar-refractivity contribution in [2.75, 3.05) is 0 Å². The third kappa shape index (κ3) is 3.89. The summed E-state index contributed by atoms with van der Waals surface area (Å²) in [5.41, 5.74) is 2.34. The van der Waals surface area contributed by atoms with Gasteiger partial charge in [0.1, 0.15) is 11.2 Å². The molecule has 2 amide bonds. The first-order valence-corrected chi connectivity index (χ1v) is 11.3. The molecule has 6 heteroatoms. The Bertz CT molecular complexity index is 1350. The van der Waals surface area contributed by atoms with Crippen molar-refractivity contribution in [2.24, 2.45) is 0 Å². The fraction of sp³-hybridized carbons (Fsp3) is 0.185. The van der Waals surface area contributed by atoms with E-state index in [-0.39, 0.29) is 18.4 Å². The summed E-state index contributed by atoms with van der Waals surface area (Å²) in [5, 5.41) is 4.64. The van der Waals surface area contributed by atoms with E-state index in [0.29, 0.717) is 23.8 Å². The van der Waals surface area contributed by atoms with Crippen LogP contribution >= 0.6 is 11.6 Å². The van der Waals surface area contributed by atoms with Crippen molar-refractivity contribution in [1.82, 2.24) is 14.8 Å². The molecule has 2 heterocycles. The number of carbonyl (C=O) groups excluding carboxylic acids is 2. The maximum Gasteiger partial charge on any atom is 0.271 e. The molecular weight excluding hydrogens is 434 g/mol. The number of nitrogens with one attached hydrogen (secondary N) is 1. The van der Waals surface area contributed by atoms with E-state index in [1.807, 2.05) is 90.4 Å². The Balaban J connectivity index is 1.54. The zero-order chi connectivity index (χ0) is 23.0. The highest BCUT2D eigenvalue weighted by Crippen LogP contribution is 2.33. The van der Waals surface area contributed by atoms with Gasteiger partial charge in [-0.1, -0.05) is 72.3 Å². The largest absolute Gasteiger partial charge is 0.350 e. The van der Waals surface area contributed by atoms with Gasteiger partial charge in [0.05, 0.1) is 6.54 Å². The van der Waals surface area contributed by atoms with Crippen molar-refractivity contribution >= 4 is 34.3 Å². The summed E-state index contributed by atoms with van der Waals surface area (Å²) in [6.07, 6.45) is 0. The minimum absolute atomic E-state index is 0.171. The Morgan fingerprint density at radius 3 is 2.48 bits per heavy atom. The fourth-order valence-electron chi connectivity index (χ4n) is 4.54. The molecule has 166 valence electrons. The number of amides is 2. The van der Waals surface area contributed by atoms with E-state index >= 15 is 0 Å². The molecule has 3 aromatic carbocycles. The van der Waals surface area contributed by atoms with Gasteiger partial charge in [-0.15, -0.1) is 0 Å². The minimum atomic E-state index is -1.08. The Labute approximate surface area is 197 Å². The van der Waals surface area contributed by atoms with Gasteiger partial charge in [-0.3, -0.25) is 9.59 Å². The number of hydrogen-bond donors (Lipinski definition) is 1. The van der Waals surface area contributed by atoms with Gasteiger partial charge in [0.15, 0.2) is 0 Å². The van der Waals surface area contributed by atoms with Gasteiger partial charge in [-0.25, -0.2) is 0 Å². The first kappa shape index (κ1) is 21.3. The molecule has 33 heavy (non-hydrogen) atoms. The van der Waals surface area contributed by atoms with E-state index in [1.54, 1.807) is 11.0 Å². The van der Waals surface area contributed by atoms with Crippen LogP contribution in [0.15, 0.2) is 84.9 Å². The van der Waals surface area contributed by atoms with Gasteiger partial charge in [0.2, 0.25) is 5.91 Å². The Kier molecular flexibility index (Phi) is 5.43. The van der Waals surface area contributed by atoms with Crippen LogP contribution in [-0.2, 0) is 24.4 Å². The lowest BCUT2D eigenvalue weighted by Gasteiger charge is -2.44. The summed E-state index contributed by atoms with van der Waals surface area (Å²) >= 11 is 6.20. The second-order valence-corrected chi connectivity index (χ2v) is 9.07. The van der Waals surface area contributed by atoms with Gasteiger partial charge in [-0.2, -0.15) is 0 Å². The second-order valence-electron chi connectivity index (χ2n) is 8.64. The molecule has 1 aromatic heterocycles. The number of benzene rings is 3. The average Bonchev–Trinajstić information content (AvgIpc) is 3.19. The van der Waals surface area contributed by atoms with Gasteiger partial charge in [-0.05, 0) is 42.3 Å². The highest BCUT2D eigenvalue weighted by atomic mass is 35.5. The number of halogens is 1. The van der Waals surface area contributed by atoms with Gasteiger partial charge in [0, 0.05) is 29.0 Å². The van der Waals surface area contributed by atoms with E-state index in [9.17, 15) is 9.59 Å². The molecule has 0 spiro atoms. The lowest BCUT2D eigenvalue weighted by molar-refractivity contribution is -0.133. The third-order valence-electron chi connectivity index (χ3n) is 6.35. The van der Waals surface area contributed by atoms with Crippen molar-refractivity contribution in [3.05, 3.63) is 107 Å². The molecule has 1 N–H and O–H groups in total. The quantitative estimate of drug-likeness (QED) is 0.457. The Morgan fingerprint density at radius 2 is 1.70 bits per heavy atom. The first-order valence-electron chi connectivity index (χ1n) is 10.9. The number of rotatable bonds is 5. The second kappa shape index (κ2) is 8.41. The van der Waals surface area contributed by atoms with Crippen LogP contribution in [0.3, 0.4) is 0 Å². The van der Waals surface area contributed by atoms with Crippen LogP contribution in [0.1, 0.15) is 28.5 Å². The van der Waals surface area contributed by atoms with E-state index in [0.717, 1.165) is 22.0 Å². The standard InChI is InChI=1S/C27H24ClN3O2/c1-27(26(33)29-16-19-8-3-2-4-9-19)18-30-23-13-6-5-11-21(23)15-24(30)25(32)31(27)17-20-10-7-12-22(28)14-20/h2-15H,16-18H2,1H3,(H,29,33)/t27-/m1/s1. The maximum atomic E-state index is 13.8. The molecule has 5 nitrogen and oxygen atoms in total. The summed E-state index contributed by atoms with van der Waals surface area (Å²) in [6.45, 7) is 2.89. The number of carbonyl (C=O) groups is 2. The monoisotopic (exact) mass is 457 g/mol. The molecule has 4 aromatic rings. The molecule has 1 aliphatic rings. The molecule has 0 saturated carbocycles. The normalized spacial score (nSPS) is 17.8. The van der Waals surface area contributed by atoms with Crippen molar-refractivity contribution in [2.45, 2.75) is 32.1 Å². The number of nitrogens with zero attached hydrogens (tertiary/aromatic N) is 2. The van der Waals surface area contributed by atoms with E-state index in [2.05, 4.69) is 5.32 Å². The molecular formula is C27H24ClN3O2. The zero-order valence-electron chi connectivity index (χ0n) is 18.3. The highest BCUT2D eigenvalue weighted by molar-refractivity contribution is 6.30. The van der Waals surface area contributed by atoms with Gasteiger partial charge < -0.3 is 14.8 Å². The minimum Gasteiger partial charge on any atom is -0.350 e. The van der Waals surface area contributed by atoms with E-state index in [4.69, 9.17) is 11.6 Å². The van der Waals surface area contributed by atoms with Crippen LogP contribution in [0.25, 0.3) is 10.9 Å². The van der Waals surface area contributed by atoms with Crippen LogP contribution in [0.4, 0.5) is 0 Å². The van der Waals surface area contributed by atoms with Crippen molar-refractivity contribution in [3.8, 4) is 0 Å². The molecule has 1 aliphatic heterocycles. The predicted octanol–water partition coefficient (Wildman–Crippen LogP) is 5.03. The Morgan fingerprint density at radius 1 is 0.970 bits per heavy atom. The number of para-hydroxylation sites is 1. The van der Waals surface area contributed by atoms with Crippen LogP contribution < -0.4 is 5.32 Å². The Hall–Kier alpha value is -3.57. The number of hydrogen-bond acceptors (Lipinski definition) is 2. The number of fused-ring (bicyclic) bond motifs is 3. The zero-order valence-corrected chi connectivity index (χ0v) is 19.0. The molecule has 0 radical (unpaired) electrons. The van der Waals surface area contributed by atoms with Crippen LogP contribution in [-0.4, -0.2) is 26.8 Å². The molecule has 5 rings (SSSR count). The lowest BCUT2D eigenvalue weighted by Crippen LogP contribution is -2.63. The summed E-state index contributed by atoms with van der Waals surface area (Å²) in [7, 11) is 0. The molecule has 0 fully saturated rings. The SMILES string of the molecule is C[C@]1(C(=O)NCc2ccccc2)Cn2c(cc3ccccc32)C(=O)N1Cc1cccc(Cl)c1. The molecule has 0 unspecified atom stereocenters. The third-order valence-corrected chi connectivity index (χ3v) is 6.59. The summed E-state index contributed by atoms with van der Waals surface area (Å²) in [6, 6.07) is 27.0. The maximum absolute atomic E-state index is 13.8. The lowest BCUT2D eigenvalue weighted by atomic mass is 9.93.